The lowest BCUT2D eigenvalue weighted by atomic mass is 10.1. The van der Waals surface area contributed by atoms with Crippen LogP contribution in [0.2, 0.25) is 0 Å². The molecule has 29 heavy (non-hydrogen) atoms. The molecule has 14 nitrogen and oxygen atoms in total. The van der Waals surface area contributed by atoms with E-state index in [9.17, 15) is 24.6 Å². The number of carbonyl (C=O) groups is 3. The van der Waals surface area contributed by atoms with Crippen LogP contribution in [0.3, 0.4) is 0 Å². The van der Waals surface area contributed by atoms with Crippen LogP contribution in [0.25, 0.3) is 0 Å². The van der Waals surface area contributed by atoms with E-state index in [4.69, 9.17) is 30.6 Å². The summed E-state index contributed by atoms with van der Waals surface area (Å²) in [6, 6.07) is -0.167. The minimum atomic E-state index is -1.45. The van der Waals surface area contributed by atoms with Gasteiger partial charge >= 0.3 is 11.7 Å². The fourth-order valence-corrected chi connectivity index (χ4v) is 2.27. The summed E-state index contributed by atoms with van der Waals surface area (Å²) in [7, 11) is 0. The van der Waals surface area contributed by atoms with Crippen LogP contribution in [0.15, 0.2) is 17.1 Å². The van der Waals surface area contributed by atoms with Gasteiger partial charge in [-0.3, -0.25) is 19.0 Å². The van der Waals surface area contributed by atoms with Crippen molar-refractivity contribution in [2.24, 2.45) is 5.73 Å². The second-order valence-corrected chi connectivity index (χ2v) is 5.95. The highest BCUT2D eigenvalue weighted by Crippen LogP contribution is 2.28. The minimum Gasteiger partial charge on any atom is -0.481 e. The molecule has 5 atom stereocenters. The molecule has 2 rings (SSSR count). The van der Waals surface area contributed by atoms with E-state index in [0.29, 0.717) is 0 Å². The number of hydrogen-bond acceptors (Lipinski definition) is 10. The predicted octanol–water partition coefficient (Wildman–Crippen LogP) is -3.31. The van der Waals surface area contributed by atoms with Gasteiger partial charge in [0.15, 0.2) is 6.23 Å². The Bertz CT molecular complexity index is 794. The molecular weight excluding hydrogens is 396 g/mol. The van der Waals surface area contributed by atoms with Gasteiger partial charge in [-0.1, -0.05) is 0 Å². The molecule has 0 spiro atoms. The molecule has 2 unspecified atom stereocenters. The number of aliphatic hydroxyl groups excluding tert-OH is 3. The lowest BCUT2D eigenvalue weighted by molar-refractivity contribution is -0.140. The van der Waals surface area contributed by atoms with Gasteiger partial charge in [0.05, 0.1) is 13.0 Å². The van der Waals surface area contributed by atoms with Gasteiger partial charge in [-0.05, 0) is 6.07 Å². The molecule has 1 fully saturated rings. The van der Waals surface area contributed by atoms with E-state index in [2.05, 4.69) is 10.3 Å². The maximum atomic E-state index is 12.0. The Labute approximate surface area is 163 Å². The number of aliphatic carboxylic acids is 2. The van der Waals surface area contributed by atoms with E-state index < -0.39 is 67.1 Å². The van der Waals surface area contributed by atoms with Crippen LogP contribution < -0.4 is 16.7 Å². The Kier molecular flexibility index (Phi) is 8.81. The minimum absolute atomic E-state index is 0.143. The van der Waals surface area contributed by atoms with Gasteiger partial charge in [-0.15, -0.1) is 0 Å². The summed E-state index contributed by atoms with van der Waals surface area (Å²) in [6.45, 7) is 0.537. The van der Waals surface area contributed by atoms with Gasteiger partial charge in [0.25, 0.3) is 5.97 Å². The second-order valence-electron chi connectivity index (χ2n) is 5.95. The number of nitrogens with zero attached hydrogens (tertiary/aromatic N) is 2. The number of nitrogens with one attached hydrogen (secondary N) is 1. The van der Waals surface area contributed by atoms with Crippen molar-refractivity contribution in [3.05, 3.63) is 22.7 Å². The van der Waals surface area contributed by atoms with Crippen LogP contribution in [0.1, 0.15) is 19.6 Å². The summed E-state index contributed by atoms with van der Waals surface area (Å²) < 4.78 is 6.10. The van der Waals surface area contributed by atoms with E-state index in [1.54, 1.807) is 0 Å². The summed E-state index contributed by atoms with van der Waals surface area (Å²) in [5.41, 5.74) is 4.33. The number of amides is 1. The molecule has 1 amide bonds. The molecule has 1 aliphatic heterocycles. The Morgan fingerprint density at radius 1 is 1.31 bits per heavy atom. The van der Waals surface area contributed by atoms with E-state index >= 15 is 0 Å². The first kappa shape index (κ1) is 24.1. The second kappa shape index (κ2) is 10.6. The van der Waals surface area contributed by atoms with Crippen LogP contribution in [-0.2, 0) is 19.1 Å². The van der Waals surface area contributed by atoms with Gasteiger partial charge in [0.1, 0.15) is 30.2 Å². The molecule has 0 saturated carbocycles. The Morgan fingerprint density at radius 3 is 2.34 bits per heavy atom. The number of carboxylic acid groups (broad SMARTS) is 2. The summed E-state index contributed by atoms with van der Waals surface area (Å²) in [5, 5.41) is 46.9. The zero-order chi connectivity index (χ0) is 22.3. The fraction of sp³-hybridized carbons (Fsp3) is 0.533. The molecule has 2 heterocycles. The van der Waals surface area contributed by atoms with Crippen LogP contribution in [0.4, 0.5) is 5.82 Å². The van der Waals surface area contributed by atoms with Crippen LogP contribution in [0.5, 0.6) is 0 Å². The number of rotatable bonds is 6. The highest BCUT2D eigenvalue weighted by atomic mass is 16.6. The lowest BCUT2D eigenvalue weighted by Gasteiger charge is -2.17. The molecule has 0 radical (unpaired) electrons. The average molecular weight is 418 g/mol. The van der Waals surface area contributed by atoms with Crippen molar-refractivity contribution < 1.29 is 44.7 Å². The third kappa shape index (κ3) is 6.88. The third-order valence-electron chi connectivity index (χ3n) is 3.61. The summed E-state index contributed by atoms with van der Waals surface area (Å²) in [5.74, 6) is -3.06. The molecular formula is C15H22N4O10. The number of aromatic nitrogens is 2. The number of anilines is 1. The summed E-state index contributed by atoms with van der Waals surface area (Å²) in [6.07, 6.45) is -4.47. The highest BCUT2D eigenvalue weighted by Gasteiger charge is 2.43. The van der Waals surface area contributed by atoms with Crippen molar-refractivity contribution in [1.82, 2.24) is 9.55 Å². The van der Waals surface area contributed by atoms with Crippen LogP contribution in [0, 0.1) is 0 Å². The van der Waals surface area contributed by atoms with Gasteiger partial charge in [-0.2, -0.15) is 4.98 Å². The number of carbonyl (C=O) groups excluding carboxylic acids is 1. The van der Waals surface area contributed by atoms with Gasteiger partial charge in [-0.25, -0.2) is 4.79 Å². The molecule has 8 N–H and O–H groups in total. The average Bonchev–Trinajstić information content (AvgIpc) is 2.89. The molecule has 1 aromatic rings. The zero-order valence-electron chi connectivity index (χ0n) is 15.2. The van der Waals surface area contributed by atoms with Gasteiger partial charge in [0, 0.05) is 13.1 Å². The Morgan fingerprint density at radius 2 is 1.90 bits per heavy atom. The molecule has 162 valence electrons. The highest BCUT2D eigenvalue weighted by molar-refractivity contribution is 5.93. The molecule has 0 bridgehead atoms. The third-order valence-corrected chi connectivity index (χ3v) is 3.61. The maximum absolute atomic E-state index is 12.0. The molecule has 0 aliphatic carbocycles. The van der Waals surface area contributed by atoms with Crippen LogP contribution in [-0.4, -0.2) is 83.9 Å². The predicted molar refractivity (Wildman–Crippen MR) is 93.7 cm³/mol. The summed E-state index contributed by atoms with van der Waals surface area (Å²) in [4.78, 5) is 46.8. The van der Waals surface area contributed by atoms with Crippen molar-refractivity contribution in [3.63, 3.8) is 0 Å². The number of ether oxygens (including phenoxy) is 1. The SMILES string of the molecule is CC(=O)O.NC(CC(=O)Nc1ccn([C@@H]2O[C@H](CO)C(O)[C@H]2O)c(=O)n1)C(=O)O. The first-order valence-corrected chi connectivity index (χ1v) is 8.17. The molecule has 14 heteroatoms. The lowest BCUT2D eigenvalue weighted by Crippen LogP contribution is -2.36. The standard InChI is InChI=1S/C13H18N4O8.C2H4O2/c14-5(12(22)23)3-8(19)15-7-1-2-17(13(24)16-7)11-10(21)9(20)6(4-18)25-11;1-2(3)4/h1-2,5-6,9-11,18,20-21H,3-4,14H2,(H,22,23)(H,15,16,19,24);1H3,(H,3,4)/t5?,6-,9?,10-,11-;/m1./s1. The number of aliphatic hydroxyl groups is 3. The molecule has 1 saturated heterocycles. The molecule has 1 aromatic heterocycles. The van der Waals surface area contributed by atoms with Crippen LogP contribution >= 0.6 is 0 Å². The maximum Gasteiger partial charge on any atom is 0.351 e. The van der Waals surface area contributed by atoms with E-state index in [0.717, 1.165) is 11.5 Å². The van der Waals surface area contributed by atoms with Crippen molar-refractivity contribution in [2.75, 3.05) is 11.9 Å². The van der Waals surface area contributed by atoms with Crippen molar-refractivity contribution in [3.8, 4) is 0 Å². The first-order valence-electron chi connectivity index (χ1n) is 8.17. The summed E-state index contributed by atoms with van der Waals surface area (Å²) >= 11 is 0. The Balaban J connectivity index is 0.000000960. The largest absolute Gasteiger partial charge is 0.481 e. The van der Waals surface area contributed by atoms with Crippen molar-refractivity contribution in [2.45, 2.75) is 43.9 Å². The number of nitrogens with two attached hydrogens (primary N) is 1. The monoisotopic (exact) mass is 418 g/mol. The topological polar surface area (TPSA) is 235 Å². The molecule has 0 aromatic carbocycles. The first-order chi connectivity index (χ1) is 13.5. The van der Waals surface area contributed by atoms with E-state index in [1.807, 2.05) is 0 Å². The smallest absolute Gasteiger partial charge is 0.351 e. The van der Waals surface area contributed by atoms with Crippen molar-refractivity contribution >= 4 is 23.7 Å². The number of hydrogen-bond donors (Lipinski definition) is 7. The normalized spacial score (nSPS) is 24.2. The Hall–Kier alpha value is -2.91. The number of carboxylic acids is 2. The van der Waals surface area contributed by atoms with Crippen molar-refractivity contribution in [1.29, 1.82) is 0 Å². The van der Waals surface area contributed by atoms with E-state index in [-0.39, 0.29) is 5.82 Å². The quantitative estimate of drug-likeness (QED) is 0.240. The van der Waals surface area contributed by atoms with Gasteiger partial charge < -0.3 is 41.3 Å². The van der Waals surface area contributed by atoms with Gasteiger partial charge in [0.2, 0.25) is 5.91 Å². The fourth-order valence-electron chi connectivity index (χ4n) is 2.27. The molecule has 1 aliphatic rings. The van der Waals surface area contributed by atoms with E-state index in [1.165, 1.54) is 12.3 Å². The zero-order valence-corrected chi connectivity index (χ0v) is 15.2.